The summed E-state index contributed by atoms with van der Waals surface area (Å²) in [7, 11) is 0. The summed E-state index contributed by atoms with van der Waals surface area (Å²) in [6, 6.07) is 0. The van der Waals surface area contributed by atoms with Crippen molar-refractivity contribution in [2.45, 2.75) is 123 Å². The first-order chi connectivity index (χ1) is 22.1. The molecule has 0 aromatic rings. The van der Waals surface area contributed by atoms with Gasteiger partial charge in [-0.2, -0.15) is 0 Å². The fraction of sp³-hybridized carbons (Fsp3) is 0.683. The highest BCUT2D eigenvalue weighted by Gasteiger charge is 2.36. The zero-order valence-electron chi connectivity index (χ0n) is 28.9. The zero-order chi connectivity index (χ0) is 32.2. The molecule has 2 rings (SSSR count). The van der Waals surface area contributed by atoms with Gasteiger partial charge in [0, 0.05) is 32.1 Å². The maximum Gasteiger partial charge on any atom is 0.220 e. The van der Waals surface area contributed by atoms with Crippen LogP contribution in [0.2, 0.25) is 0 Å². The number of aliphatic hydroxyl groups is 1. The largest absolute Gasteiger partial charge is 0.396 e. The van der Waals surface area contributed by atoms with Gasteiger partial charge in [0.2, 0.25) is 5.91 Å². The Morgan fingerprint density at radius 2 is 1.40 bits per heavy atom. The van der Waals surface area contributed by atoms with Gasteiger partial charge in [-0.15, -0.1) is 0 Å². The molecule has 2 fully saturated rings. The van der Waals surface area contributed by atoms with Crippen LogP contribution in [-0.2, 0) is 9.53 Å². The lowest BCUT2D eigenvalue weighted by Gasteiger charge is -2.37. The number of unbranched alkanes of at least 4 members (excludes halogenated alkanes) is 1. The van der Waals surface area contributed by atoms with Crippen molar-refractivity contribution in [1.29, 1.82) is 0 Å². The first-order valence-electron chi connectivity index (χ1n) is 18.5. The van der Waals surface area contributed by atoms with Crippen LogP contribution < -0.4 is 5.32 Å². The van der Waals surface area contributed by atoms with Crippen LogP contribution in [0, 0.1) is 29.6 Å². The van der Waals surface area contributed by atoms with E-state index in [4.69, 9.17) is 4.74 Å². The van der Waals surface area contributed by atoms with Gasteiger partial charge in [-0.05, 0) is 114 Å². The second-order valence-corrected chi connectivity index (χ2v) is 13.5. The van der Waals surface area contributed by atoms with Crippen molar-refractivity contribution in [3.8, 4) is 0 Å². The van der Waals surface area contributed by atoms with Crippen LogP contribution in [0.5, 0.6) is 0 Å². The van der Waals surface area contributed by atoms with E-state index in [0.29, 0.717) is 19.6 Å². The Kier molecular flexibility index (Phi) is 23.4. The quantitative estimate of drug-likeness (QED) is 0.0746. The number of carbonyl (C=O) groups is 1. The summed E-state index contributed by atoms with van der Waals surface area (Å²) in [6.45, 7) is 6.94. The Morgan fingerprint density at radius 1 is 0.800 bits per heavy atom. The number of amides is 1. The Labute approximate surface area is 277 Å². The number of hydrogen-bond acceptors (Lipinski definition) is 3. The highest BCUT2D eigenvalue weighted by molar-refractivity contribution is 5.75. The van der Waals surface area contributed by atoms with Crippen LogP contribution in [0.4, 0.5) is 0 Å². The molecule has 0 aromatic carbocycles. The summed E-state index contributed by atoms with van der Waals surface area (Å²) in [6.07, 6.45) is 44.9. The third kappa shape index (κ3) is 20.5. The summed E-state index contributed by atoms with van der Waals surface area (Å²) >= 11 is 0. The van der Waals surface area contributed by atoms with E-state index < -0.39 is 0 Å². The second-order valence-electron chi connectivity index (χ2n) is 13.5. The lowest BCUT2D eigenvalue weighted by atomic mass is 9.68. The summed E-state index contributed by atoms with van der Waals surface area (Å²) in [5.74, 6) is 4.13. The molecule has 0 spiro atoms. The van der Waals surface area contributed by atoms with Crippen LogP contribution >= 0.6 is 0 Å². The molecule has 0 saturated heterocycles. The SMILES string of the molecule is CC/C=C\C/C=C\C/C=C\C/C=C\C/C=C\C/C=C\CCC(=O)NCCCCC(CO)COCCC1CCC(C2CC(C)C2)C1. The second kappa shape index (κ2) is 27.0. The third-order valence-corrected chi connectivity index (χ3v) is 9.44. The molecule has 0 bridgehead atoms. The van der Waals surface area contributed by atoms with Gasteiger partial charge in [-0.25, -0.2) is 0 Å². The molecule has 4 heteroatoms. The minimum Gasteiger partial charge on any atom is -0.396 e. The molecular formula is C41H67NO3. The van der Waals surface area contributed by atoms with Gasteiger partial charge in [0.1, 0.15) is 0 Å². The average Bonchev–Trinajstić information content (AvgIpc) is 3.49. The number of aliphatic hydroxyl groups excluding tert-OH is 1. The molecule has 2 saturated carbocycles. The van der Waals surface area contributed by atoms with E-state index in [-0.39, 0.29) is 18.4 Å². The van der Waals surface area contributed by atoms with Crippen molar-refractivity contribution in [2.75, 3.05) is 26.4 Å². The van der Waals surface area contributed by atoms with E-state index in [1.165, 1.54) is 38.5 Å². The van der Waals surface area contributed by atoms with E-state index in [9.17, 15) is 9.90 Å². The Bertz CT molecular complexity index is 908. The molecule has 0 heterocycles. The van der Waals surface area contributed by atoms with Crippen LogP contribution in [0.25, 0.3) is 0 Å². The number of ether oxygens (including phenoxy) is 1. The number of nitrogens with one attached hydrogen (secondary N) is 1. The predicted molar refractivity (Wildman–Crippen MR) is 193 cm³/mol. The standard InChI is InChI=1S/C41H67NO3/c1-3-4-5-6-7-8-9-10-11-12-13-14-15-16-17-18-19-20-21-25-41(44)42-29-23-22-24-38(34-43)35-45-30-28-37-26-27-39(33-37)40-31-36(2)32-40/h4-5,7-8,10-11,13-14,16-17,19-20,36-40,43H,3,6,9,12,15,18,21-35H2,1-2H3,(H,42,44)/b5-4-,8-7-,11-10-,14-13-,17-16-,20-19-. The number of rotatable bonds is 26. The summed E-state index contributed by atoms with van der Waals surface area (Å²) in [5, 5.41) is 12.8. The van der Waals surface area contributed by atoms with Gasteiger partial charge >= 0.3 is 0 Å². The van der Waals surface area contributed by atoms with E-state index >= 15 is 0 Å². The first kappa shape index (κ1) is 39.0. The van der Waals surface area contributed by atoms with Crippen molar-refractivity contribution in [2.24, 2.45) is 29.6 Å². The van der Waals surface area contributed by atoms with Crippen molar-refractivity contribution in [3.05, 3.63) is 72.9 Å². The minimum atomic E-state index is 0.123. The Hall–Kier alpha value is -2.17. The molecular weight excluding hydrogens is 554 g/mol. The fourth-order valence-electron chi connectivity index (χ4n) is 6.61. The number of allylic oxidation sites excluding steroid dienone is 12. The van der Waals surface area contributed by atoms with Crippen LogP contribution in [0.1, 0.15) is 123 Å². The van der Waals surface area contributed by atoms with E-state index in [0.717, 1.165) is 94.5 Å². The van der Waals surface area contributed by atoms with Gasteiger partial charge in [-0.3, -0.25) is 4.79 Å². The van der Waals surface area contributed by atoms with E-state index in [1.54, 1.807) is 0 Å². The smallest absolute Gasteiger partial charge is 0.220 e. The average molecular weight is 622 g/mol. The molecule has 2 aliphatic carbocycles. The molecule has 3 unspecified atom stereocenters. The molecule has 0 aliphatic heterocycles. The topological polar surface area (TPSA) is 58.6 Å². The Morgan fingerprint density at radius 3 is 1.98 bits per heavy atom. The molecule has 0 radical (unpaired) electrons. The van der Waals surface area contributed by atoms with Crippen LogP contribution in [0.3, 0.4) is 0 Å². The molecule has 4 nitrogen and oxygen atoms in total. The Balaban J connectivity index is 1.35. The van der Waals surface area contributed by atoms with Crippen molar-refractivity contribution < 1.29 is 14.6 Å². The number of hydrogen-bond donors (Lipinski definition) is 2. The van der Waals surface area contributed by atoms with Crippen LogP contribution in [-0.4, -0.2) is 37.4 Å². The molecule has 2 N–H and O–H groups in total. The van der Waals surface area contributed by atoms with Crippen LogP contribution in [0.15, 0.2) is 72.9 Å². The van der Waals surface area contributed by atoms with Gasteiger partial charge < -0.3 is 15.2 Å². The molecule has 0 aromatic heterocycles. The van der Waals surface area contributed by atoms with Gasteiger partial charge in [0.15, 0.2) is 0 Å². The normalized spacial score (nSPS) is 23.1. The monoisotopic (exact) mass is 622 g/mol. The first-order valence-corrected chi connectivity index (χ1v) is 18.5. The highest BCUT2D eigenvalue weighted by atomic mass is 16.5. The van der Waals surface area contributed by atoms with Gasteiger partial charge in [0.25, 0.3) is 0 Å². The van der Waals surface area contributed by atoms with Gasteiger partial charge in [0.05, 0.1) is 6.61 Å². The lowest BCUT2D eigenvalue weighted by Crippen LogP contribution is -2.27. The fourth-order valence-corrected chi connectivity index (χ4v) is 6.61. The molecule has 1 amide bonds. The maximum absolute atomic E-state index is 12.1. The zero-order valence-corrected chi connectivity index (χ0v) is 28.9. The highest BCUT2D eigenvalue weighted by Crippen LogP contribution is 2.47. The van der Waals surface area contributed by atoms with Crippen molar-refractivity contribution in [3.63, 3.8) is 0 Å². The summed E-state index contributed by atoms with van der Waals surface area (Å²) in [4.78, 5) is 12.1. The summed E-state index contributed by atoms with van der Waals surface area (Å²) < 4.78 is 5.98. The summed E-state index contributed by atoms with van der Waals surface area (Å²) in [5.41, 5.74) is 0. The lowest BCUT2D eigenvalue weighted by molar-refractivity contribution is -0.121. The number of carbonyl (C=O) groups excluding carboxylic acids is 1. The van der Waals surface area contributed by atoms with E-state index in [2.05, 4.69) is 92.1 Å². The maximum atomic E-state index is 12.1. The molecule has 3 atom stereocenters. The molecule has 45 heavy (non-hydrogen) atoms. The van der Waals surface area contributed by atoms with Crippen molar-refractivity contribution >= 4 is 5.91 Å². The van der Waals surface area contributed by atoms with E-state index in [1.807, 2.05) is 0 Å². The van der Waals surface area contributed by atoms with Crippen molar-refractivity contribution in [1.82, 2.24) is 5.32 Å². The van der Waals surface area contributed by atoms with Gasteiger partial charge in [-0.1, -0.05) is 99.6 Å². The third-order valence-electron chi connectivity index (χ3n) is 9.44. The minimum absolute atomic E-state index is 0.123. The predicted octanol–water partition coefficient (Wildman–Crippen LogP) is 10.2. The molecule has 2 aliphatic rings. The molecule has 254 valence electrons.